The number of aryl methyl sites for hydroxylation is 1. The average Bonchev–Trinajstić information content (AvgIpc) is 2.57. The highest BCUT2D eigenvalue weighted by Gasteiger charge is 2.13. The zero-order valence-electron chi connectivity index (χ0n) is 13.2. The highest BCUT2D eigenvalue weighted by Crippen LogP contribution is 2.22. The molecule has 0 atom stereocenters. The summed E-state index contributed by atoms with van der Waals surface area (Å²) in [6, 6.07) is 10.8. The second-order valence-corrected chi connectivity index (χ2v) is 5.88. The molecule has 1 aromatic carbocycles. The van der Waals surface area contributed by atoms with Crippen molar-refractivity contribution in [2.24, 2.45) is 0 Å². The molecule has 1 aliphatic carbocycles. The maximum atomic E-state index is 4.60. The third-order valence-corrected chi connectivity index (χ3v) is 4.26. The number of hydrogen-bond donors (Lipinski definition) is 2. The molecule has 0 aliphatic heterocycles. The van der Waals surface area contributed by atoms with Gasteiger partial charge in [-0.2, -0.15) is 4.98 Å². The summed E-state index contributed by atoms with van der Waals surface area (Å²) in [6.45, 7) is 2.16. The van der Waals surface area contributed by atoms with Gasteiger partial charge in [0.15, 0.2) is 0 Å². The van der Waals surface area contributed by atoms with Crippen LogP contribution in [0.5, 0.6) is 0 Å². The van der Waals surface area contributed by atoms with E-state index in [0.717, 1.165) is 17.9 Å². The lowest BCUT2D eigenvalue weighted by Crippen LogP contribution is -2.22. The van der Waals surface area contributed by atoms with Crippen LogP contribution in [0.4, 0.5) is 17.5 Å². The van der Waals surface area contributed by atoms with Crippen molar-refractivity contribution in [1.82, 2.24) is 9.97 Å². The molecule has 0 bridgehead atoms. The molecule has 1 aliphatic rings. The van der Waals surface area contributed by atoms with Gasteiger partial charge in [0.05, 0.1) is 0 Å². The Kier molecular flexibility index (Phi) is 4.88. The molecule has 4 nitrogen and oxygen atoms in total. The van der Waals surface area contributed by atoms with Gasteiger partial charge in [0.25, 0.3) is 0 Å². The molecule has 0 unspecified atom stereocenters. The minimum absolute atomic E-state index is 0.555. The number of benzene rings is 1. The molecule has 2 N–H and O–H groups in total. The van der Waals surface area contributed by atoms with Gasteiger partial charge in [-0.15, -0.1) is 0 Å². The Labute approximate surface area is 132 Å². The first-order valence-electron chi connectivity index (χ1n) is 8.29. The lowest BCUT2D eigenvalue weighted by Gasteiger charge is -2.23. The number of rotatable bonds is 5. The topological polar surface area (TPSA) is 49.8 Å². The fraction of sp³-hybridized carbons (Fsp3) is 0.444. The summed E-state index contributed by atoms with van der Waals surface area (Å²) in [7, 11) is 0. The molecule has 3 rings (SSSR count). The molecule has 2 aromatic rings. The summed E-state index contributed by atoms with van der Waals surface area (Å²) in [5, 5.41) is 6.88. The molecule has 1 heterocycles. The predicted molar refractivity (Wildman–Crippen MR) is 91.6 cm³/mol. The highest BCUT2D eigenvalue weighted by molar-refractivity contribution is 5.59. The predicted octanol–water partition coefficient (Wildman–Crippen LogP) is 4.53. The second kappa shape index (κ2) is 7.25. The van der Waals surface area contributed by atoms with Crippen molar-refractivity contribution in [1.29, 1.82) is 0 Å². The molecule has 4 heteroatoms. The molecular weight excluding hydrogens is 272 g/mol. The summed E-state index contributed by atoms with van der Waals surface area (Å²) in [5.74, 6) is 1.57. The van der Waals surface area contributed by atoms with Gasteiger partial charge in [0.1, 0.15) is 5.82 Å². The third kappa shape index (κ3) is 3.75. The molecule has 1 aromatic heterocycles. The van der Waals surface area contributed by atoms with E-state index in [-0.39, 0.29) is 0 Å². The smallest absolute Gasteiger partial charge is 0.229 e. The van der Waals surface area contributed by atoms with E-state index in [1.807, 2.05) is 18.3 Å². The molecular formula is C18H24N4. The SMILES string of the molecule is CCc1ccccc1Nc1nccc(NC2CCCCC2)n1. The standard InChI is InChI=1S/C18H24N4/c1-2-14-8-6-7-11-16(14)21-18-19-13-12-17(22-18)20-15-9-4-3-5-10-15/h6-8,11-13,15H,2-5,9-10H2,1H3,(H2,19,20,21,22). The van der Waals surface area contributed by atoms with Crippen LogP contribution in [0.3, 0.4) is 0 Å². The van der Waals surface area contributed by atoms with Gasteiger partial charge < -0.3 is 10.6 Å². The third-order valence-electron chi connectivity index (χ3n) is 4.26. The number of nitrogens with one attached hydrogen (secondary N) is 2. The summed E-state index contributed by atoms with van der Waals surface area (Å²) in [4.78, 5) is 8.95. The minimum Gasteiger partial charge on any atom is -0.367 e. The lowest BCUT2D eigenvalue weighted by molar-refractivity contribution is 0.462. The van der Waals surface area contributed by atoms with Gasteiger partial charge in [-0.05, 0) is 37.0 Å². The van der Waals surface area contributed by atoms with E-state index >= 15 is 0 Å². The first-order chi connectivity index (χ1) is 10.8. The Morgan fingerprint density at radius 2 is 1.91 bits per heavy atom. The Hall–Kier alpha value is -2.10. The maximum absolute atomic E-state index is 4.60. The molecule has 116 valence electrons. The first kappa shape index (κ1) is 14.8. The van der Waals surface area contributed by atoms with Gasteiger partial charge >= 0.3 is 0 Å². The van der Waals surface area contributed by atoms with Crippen LogP contribution in [0.25, 0.3) is 0 Å². The number of para-hydroxylation sites is 1. The molecule has 0 saturated heterocycles. The number of anilines is 3. The van der Waals surface area contributed by atoms with Crippen molar-refractivity contribution in [3.8, 4) is 0 Å². The van der Waals surface area contributed by atoms with Crippen molar-refractivity contribution in [2.45, 2.75) is 51.5 Å². The zero-order valence-corrected chi connectivity index (χ0v) is 13.2. The molecule has 0 spiro atoms. The fourth-order valence-electron chi connectivity index (χ4n) is 3.03. The quantitative estimate of drug-likeness (QED) is 0.851. The van der Waals surface area contributed by atoms with Gasteiger partial charge in [-0.25, -0.2) is 4.98 Å². The normalized spacial score (nSPS) is 15.5. The van der Waals surface area contributed by atoms with Crippen LogP contribution in [0, 0.1) is 0 Å². The summed E-state index contributed by atoms with van der Waals surface area (Å²) < 4.78 is 0. The number of hydrogen-bond acceptors (Lipinski definition) is 4. The average molecular weight is 296 g/mol. The van der Waals surface area contributed by atoms with Crippen molar-refractivity contribution in [2.75, 3.05) is 10.6 Å². The molecule has 22 heavy (non-hydrogen) atoms. The number of nitrogens with zero attached hydrogens (tertiary/aromatic N) is 2. The first-order valence-corrected chi connectivity index (χ1v) is 8.29. The van der Waals surface area contributed by atoms with Crippen LogP contribution in [-0.4, -0.2) is 16.0 Å². The van der Waals surface area contributed by atoms with E-state index in [1.54, 1.807) is 0 Å². The molecule has 1 fully saturated rings. The van der Waals surface area contributed by atoms with Crippen molar-refractivity contribution in [3.63, 3.8) is 0 Å². The van der Waals surface area contributed by atoms with Crippen LogP contribution in [0.2, 0.25) is 0 Å². The zero-order chi connectivity index (χ0) is 15.2. The monoisotopic (exact) mass is 296 g/mol. The van der Waals surface area contributed by atoms with Crippen molar-refractivity contribution < 1.29 is 0 Å². The van der Waals surface area contributed by atoms with Crippen molar-refractivity contribution in [3.05, 3.63) is 42.1 Å². The largest absolute Gasteiger partial charge is 0.367 e. The van der Waals surface area contributed by atoms with E-state index in [0.29, 0.717) is 12.0 Å². The maximum Gasteiger partial charge on any atom is 0.229 e. The number of aromatic nitrogens is 2. The van der Waals surface area contributed by atoms with Gasteiger partial charge in [0, 0.05) is 17.9 Å². The lowest BCUT2D eigenvalue weighted by atomic mass is 9.95. The van der Waals surface area contributed by atoms with E-state index in [9.17, 15) is 0 Å². The Bertz CT molecular complexity index is 606. The summed E-state index contributed by atoms with van der Waals surface area (Å²) >= 11 is 0. The van der Waals surface area contributed by atoms with Gasteiger partial charge in [0.2, 0.25) is 5.95 Å². The van der Waals surface area contributed by atoms with Crippen LogP contribution in [-0.2, 0) is 6.42 Å². The Balaban J connectivity index is 1.70. The fourth-order valence-corrected chi connectivity index (χ4v) is 3.03. The van der Waals surface area contributed by atoms with Gasteiger partial charge in [-0.1, -0.05) is 44.4 Å². The van der Waals surface area contributed by atoms with Crippen molar-refractivity contribution >= 4 is 17.5 Å². The minimum atomic E-state index is 0.555. The van der Waals surface area contributed by atoms with E-state index < -0.39 is 0 Å². The van der Waals surface area contributed by atoms with Gasteiger partial charge in [-0.3, -0.25) is 0 Å². The highest BCUT2D eigenvalue weighted by atomic mass is 15.1. The van der Waals surface area contributed by atoms with Crippen LogP contribution in [0.1, 0.15) is 44.6 Å². The molecule has 0 amide bonds. The van der Waals surface area contributed by atoms with E-state index in [4.69, 9.17) is 0 Å². The molecule has 1 saturated carbocycles. The van der Waals surface area contributed by atoms with Crippen LogP contribution >= 0.6 is 0 Å². The Morgan fingerprint density at radius 1 is 1.09 bits per heavy atom. The molecule has 0 radical (unpaired) electrons. The second-order valence-electron chi connectivity index (χ2n) is 5.88. The van der Waals surface area contributed by atoms with Crippen LogP contribution in [0.15, 0.2) is 36.5 Å². The van der Waals surface area contributed by atoms with E-state index in [2.05, 4.69) is 45.7 Å². The van der Waals surface area contributed by atoms with E-state index in [1.165, 1.54) is 37.7 Å². The summed E-state index contributed by atoms with van der Waals surface area (Å²) in [5.41, 5.74) is 2.36. The van der Waals surface area contributed by atoms with Crippen LogP contribution < -0.4 is 10.6 Å². The Morgan fingerprint density at radius 3 is 2.73 bits per heavy atom. The summed E-state index contributed by atoms with van der Waals surface area (Å²) in [6.07, 6.45) is 9.28.